The fraction of sp³-hybridized carbons (Fsp3) is 0.474. The minimum Gasteiger partial charge on any atom is -0.464 e. The first-order chi connectivity index (χ1) is 13.0. The van der Waals surface area contributed by atoms with E-state index in [2.05, 4.69) is 5.32 Å². The predicted molar refractivity (Wildman–Crippen MR) is 98.8 cm³/mol. The molecule has 9 nitrogen and oxygen atoms in total. The van der Waals surface area contributed by atoms with E-state index in [1.165, 1.54) is 6.92 Å². The van der Waals surface area contributed by atoms with Crippen molar-refractivity contribution in [1.82, 2.24) is 5.32 Å². The van der Waals surface area contributed by atoms with Crippen molar-refractivity contribution in [2.24, 2.45) is 5.73 Å². The molecule has 0 aliphatic rings. The van der Waals surface area contributed by atoms with E-state index in [0.29, 0.717) is 5.56 Å². The topological polar surface area (TPSA) is 134 Å². The van der Waals surface area contributed by atoms with Crippen LogP contribution in [-0.4, -0.2) is 41.7 Å². The second-order valence-electron chi connectivity index (χ2n) is 6.94. The monoisotopic (exact) mass is 394 g/mol. The van der Waals surface area contributed by atoms with Crippen LogP contribution < -0.4 is 11.1 Å². The van der Waals surface area contributed by atoms with Gasteiger partial charge in [-0.05, 0) is 33.3 Å². The van der Waals surface area contributed by atoms with E-state index in [0.717, 1.165) is 0 Å². The molecule has 0 aliphatic carbocycles. The Morgan fingerprint density at radius 3 is 2.14 bits per heavy atom. The fourth-order valence-corrected chi connectivity index (χ4v) is 2.15. The second-order valence-corrected chi connectivity index (χ2v) is 6.94. The van der Waals surface area contributed by atoms with E-state index >= 15 is 0 Å². The van der Waals surface area contributed by atoms with E-state index in [-0.39, 0.29) is 13.2 Å². The fourth-order valence-electron chi connectivity index (χ4n) is 2.15. The van der Waals surface area contributed by atoms with E-state index in [4.69, 9.17) is 19.9 Å². The molecule has 1 aromatic rings. The van der Waals surface area contributed by atoms with Gasteiger partial charge in [0.2, 0.25) is 5.54 Å². The lowest BCUT2D eigenvalue weighted by Crippen LogP contribution is -2.64. The number of carbonyl (C=O) groups excluding carboxylic acids is 4. The van der Waals surface area contributed by atoms with Gasteiger partial charge in [0.1, 0.15) is 12.2 Å². The summed E-state index contributed by atoms with van der Waals surface area (Å²) in [5.41, 5.74) is 2.70. The van der Waals surface area contributed by atoms with Crippen LogP contribution in [0.4, 0.5) is 4.79 Å². The summed E-state index contributed by atoms with van der Waals surface area (Å²) in [4.78, 5) is 48.9. The number of primary amides is 1. The number of rotatable bonds is 8. The first kappa shape index (κ1) is 22.9. The van der Waals surface area contributed by atoms with E-state index in [9.17, 15) is 19.2 Å². The van der Waals surface area contributed by atoms with E-state index in [1.807, 2.05) is 0 Å². The van der Waals surface area contributed by atoms with Crippen molar-refractivity contribution < 1.29 is 33.4 Å². The van der Waals surface area contributed by atoms with Crippen LogP contribution in [0.15, 0.2) is 30.3 Å². The predicted octanol–water partition coefficient (Wildman–Crippen LogP) is 1.43. The van der Waals surface area contributed by atoms with Gasteiger partial charge in [-0.15, -0.1) is 0 Å². The Labute approximate surface area is 163 Å². The largest absolute Gasteiger partial charge is 0.464 e. The highest BCUT2D eigenvalue weighted by atomic mass is 16.6. The highest BCUT2D eigenvalue weighted by molar-refractivity contribution is 6.11. The molecule has 1 aromatic carbocycles. The third-order valence-electron chi connectivity index (χ3n) is 3.41. The average molecular weight is 394 g/mol. The molecule has 0 saturated heterocycles. The third kappa shape index (κ3) is 6.90. The Hall–Kier alpha value is -3.10. The molecular formula is C19H26N2O7. The molecular weight excluding hydrogens is 368 g/mol. The number of nitrogens with one attached hydrogen (secondary N) is 1. The Balaban J connectivity index is 3.00. The SMILES string of the molecule is CCOC(=O)[C@](CC(=O)OCc1ccccc1)(NC(=O)OC(C)(C)C)C(N)=O. The van der Waals surface area contributed by atoms with Crippen molar-refractivity contribution in [2.75, 3.05) is 6.61 Å². The van der Waals surface area contributed by atoms with Gasteiger partial charge >= 0.3 is 18.0 Å². The van der Waals surface area contributed by atoms with Crippen LogP contribution in [0.5, 0.6) is 0 Å². The third-order valence-corrected chi connectivity index (χ3v) is 3.41. The van der Waals surface area contributed by atoms with Crippen LogP contribution in [0.25, 0.3) is 0 Å². The number of nitrogens with two attached hydrogens (primary N) is 1. The highest BCUT2D eigenvalue weighted by Crippen LogP contribution is 2.17. The molecule has 0 bridgehead atoms. The van der Waals surface area contributed by atoms with Crippen molar-refractivity contribution in [3.05, 3.63) is 35.9 Å². The first-order valence-electron chi connectivity index (χ1n) is 8.68. The maximum Gasteiger partial charge on any atom is 0.408 e. The lowest BCUT2D eigenvalue weighted by atomic mass is 9.94. The minimum absolute atomic E-state index is 0.0796. The molecule has 0 aromatic heterocycles. The van der Waals surface area contributed by atoms with Gasteiger partial charge in [-0.1, -0.05) is 30.3 Å². The van der Waals surface area contributed by atoms with Crippen LogP contribution in [0.1, 0.15) is 39.7 Å². The zero-order chi connectivity index (χ0) is 21.4. The van der Waals surface area contributed by atoms with Gasteiger partial charge in [0, 0.05) is 0 Å². The van der Waals surface area contributed by atoms with Crippen LogP contribution in [0.2, 0.25) is 0 Å². The number of carbonyl (C=O) groups is 4. The van der Waals surface area contributed by atoms with Gasteiger partial charge in [0.05, 0.1) is 13.0 Å². The average Bonchev–Trinajstić information content (AvgIpc) is 2.58. The summed E-state index contributed by atoms with van der Waals surface area (Å²) in [7, 11) is 0. The molecule has 1 atom stereocenters. The summed E-state index contributed by atoms with van der Waals surface area (Å²) in [5, 5.41) is 2.09. The number of alkyl carbamates (subject to hydrolysis) is 1. The molecule has 0 heterocycles. The summed E-state index contributed by atoms with van der Waals surface area (Å²) in [6.45, 7) is 6.11. The molecule has 2 amide bonds. The molecule has 0 aliphatic heterocycles. The molecule has 0 fully saturated rings. The zero-order valence-electron chi connectivity index (χ0n) is 16.4. The first-order valence-corrected chi connectivity index (χ1v) is 8.68. The summed E-state index contributed by atoms with van der Waals surface area (Å²) in [5.74, 6) is -3.37. The van der Waals surface area contributed by atoms with Gasteiger partial charge in [-0.25, -0.2) is 9.59 Å². The molecule has 154 valence electrons. The number of amides is 2. The molecule has 3 N–H and O–H groups in total. The van der Waals surface area contributed by atoms with Crippen molar-refractivity contribution in [3.63, 3.8) is 0 Å². The van der Waals surface area contributed by atoms with Crippen LogP contribution in [0, 0.1) is 0 Å². The lowest BCUT2D eigenvalue weighted by Gasteiger charge is -2.29. The molecule has 1 rings (SSSR count). The van der Waals surface area contributed by atoms with Gasteiger partial charge < -0.3 is 19.9 Å². The molecule has 9 heteroatoms. The molecule has 28 heavy (non-hydrogen) atoms. The standard InChI is InChI=1S/C19H26N2O7/c1-5-26-16(24)19(15(20)23,21-17(25)28-18(2,3)4)11-14(22)27-12-13-9-7-6-8-10-13/h6-10H,5,11-12H2,1-4H3,(H2,20,23)(H,21,25)/t19-/m1/s1. The van der Waals surface area contributed by atoms with Crippen molar-refractivity contribution in [3.8, 4) is 0 Å². The molecule has 0 saturated carbocycles. The smallest absolute Gasteiger partial charge is 0.408 e. The maximum atomic E-state index is 12.4. The second kappa shape index (κ2) is 9.72. The highest BCUT2D eigenvalue weighted by Gasteiger charge is 2.50. The van der Waals surface area contributed by atoms with Crippen LogP contribution in [0.3, 0.4) is 0 Å². The molecule has 0 radical (unpaired) electrons. The normalized spacial score (nSPS) is 13.0. The number of ether oxygens (including phenoxy) is 3. The summed E-state index contributed by atoms with van der Waals surface area (Å²) >= 11 is 0. The number of esters is 2. The summed E-state index contributed by atoms with van der Waals surface area (Å²) < 4.78 is 15.0. The maximum absolute atomic E-state index is 12.4. The Morgan fingerprint density at radius 1 is 1.04 bits per heavy atom. The van der Waals surface area contributed by atoms with Crippen molar-refractivity contribution in [2.45, 2.75) is 51.9 Å². The summed E-state index contributed by atoms with van der Waals surface area (Å²) in [6.07, 6.45) is -1.94. The number of hydrogen-bond donors (Lipinski definition) is 2. The van der Waals surface area contributed by atoms with Gasteiger partial charge in [-0.2, -0.15) is 0 Å². The molecule has 0 unspecified atom stereocenters. The Kier molecular flexibility index (Phi) is 7.97. The Bertz CT molecular complexity index is 713. The van der Waals surface area contributed by atoms with E-state index < -0.39 is 41.5 Å². The van der Waals surface area contributed by atoms with Gasteiger partial charge in [0.25, 0.3) is 5.91 Å². The number of hydrogen-bond acceptors (Lipinski definition) is 7. The minimum atomic E-state index is -2.45. The Morgan fingerprint density at radius 2 is 1.64 bits per heavy atom. The van der Waals surface area contributed by atoms with Crippen molar-refractivity contribution in [1.29, 1.82) is 0 Å². The lowest BCUT2D eigenvalue weighted by molar-refractivity contribution is -0.162. The summed E-state index contributed by atoms with van der Waals surface area (Å²) in [6, 6.07) is 8.80. The van der Waals surface area contributed by atoms with Crippen molar-refractivity contribution >= 4 is 23.9 Å². The number of benzene rings is 1. The van der Waals surface area contributed by atoms with Crippen LogP contribution in [-0.2, 0) is 35.2 Å². The van der Waals surface area contributed by atoms with Gasteiger partial charge in [0.15, 0.2) is 0 Å². The van der Waals surface area contributed by atoms with E-state index in [1.54, 1.807) is 51.1 Å². The quantitative estimate of drug-likeness (QED) is 0.387. The van der Waals surface area contributed by atoms with Gasteiger partial charge in [-0.3, -0.25) is 14.9 Å². The molecule has 0 spiro atoms. The van der Waals surface area contributed by atoms with Crippen LogP contribution >= 0.6 is 0 Å². The zero-order valence-corrected chi connectivity index (χ0v) is 16.4.